The first kappa shape index (κ1) is 35.9. The van der Waals surface area contributed by atoms with Crippen LogP contribution in [0.3, 0.4) is 0 Å². The van der Waals surface area contributed by atoms with Crippen LogP contribution in [0.25, 0.3) is 0 Å². The lowest BCUT2D eigenvalue weighted by atomic mass is 10.0. The van der Waals surface area contributed by atoms with E-state index in [0.29, 0.717) is 11.4 Å². The van der Waals surface area contributed by atoms with E-state index < -0.39 is 84.6 Å². The second-order valence-corrected chi connectivity index (χ2v) is 10.4. The fraction of sp³-hybridized carbons (Fsp3) is 0.500. The molecule has 0 spiro atoms. The Balaban J connectivity index is 2.04. The number of aromatic amines is 2. The molecule has 2 heterocycles. The lowest BCUT2D eigenvalue weighted by Gasteiger charge is -2.25. The van der Waals surface area contributed by atoms with Gasteiger partial charge in [0.1, 0.15) is 24.7 Å². The first-order valence-corrected chi connectivity index (χ1v) is 13.9. The highest BCUT2D eigenvalue weighted by Crippen LogP contribution is 2.06. The van der Waals surface area contributed by atoms with Gasteiger partial charge in [-0.3, -0.25) is 33.6 Å². The van der Waals surface area contributed by atoms with E-state index in [-0.39, 0.29) is 25.7 Å². The summed E-state index contributed by atoms with van der Waals surface area (Å²) in [5, 5.41) is 21.1. The molecule has 2 rings (SSSR count). The van der Waals surface area contributed by atoms with Gasteiger partial charge in [-0.2, -0.15) is 0 Å². The number of primary amides is 1. The minimum Gasteiger partial charge on any atom is -0.480 e. The Morgan fingerprint density at radius 1 is 0.800 bits per heavy atom. The average molecular weight is 634 g/mol. The van der Waals surface area contributed by atoms with Crippen molar-refractivity contribution in [2.24, 2.45) is 17.4 Å². The van der Waals surface area contributed by atoms with Crippen LogP contribution >= 0.6 is 0 Å². The number of nitrogens with zero attached hydrogens (tertiary/aromatic N) is 2. The highest BCUT2D eigenvalue weighted by molar-refractivity contribution is 5.95. The van der Waals surface area contributed by atoms with E-state index in [0.717, 1.165) is 0 Å². The zero-order valence-electron chi connectivity index (χ0n) is 24.8. The number of H-pyrrole nitrogens is 2. The van der Waals surface area contributed by atoms with Crippen molar-refractivity contribution in [1.82, 2.24) is 46.5 Å². The molecule has 12 N–H and O–H groups in total. The fourth-order valence-electron chi connectivity index (χ4n) is 3.96. The highest BCUT2D eigenvalue weighted by Gasteiger charge is 2.30. The molecule has 2 aromatic rings. The van der Waals surface area contributed by atoms with Crippen LogP contribution in [0, 0.1) is 5.92 Å². The number of carboxylic acid groups (broad SMARTS) is 1. The van der Waals surface area contributed by atoms with Crippen molar-refractivity contribution in [2.45, 2.75) is 63.7 Å². The second kappa shape index (κ2) is 17.7. The summed E-state index contributed by atoms with van der Waals surface area (Å²) < 4.78 is 0. The van der Waals surface area contributed by atoms with Crippen molar-refractivity contribution in [1.29, 1.82) is 0 Å². The van der Waals surface area contributed by atoms with Gasteiger partial charge in [0.25, 0.3) is 0 Å². The number of aliphatic carboxylic acids is 1. The van der Waals surface area contributed by atoms with Gasteiger partial charge in [0.2, 0.25) is 35.4 Å². The van der Waals surface area contributed by atoms with Gasteiger partial charge in [0, 0.05) is 43.0 Å². The van der Waals surface area contributed by atoms with Crippen LogP contribution < -0.4 is 38.1 Å². The zero-order chi connectivity index (χ0) is 33.5. The third kappa shape index (κ3) is 12.8. The molecule has 0 aliphatic heterocycles. The van der Waals surface area contributed by atoms with Crippen LogP contribution in [-0.2, 0) is 46.4 Å². The van der Waals surface area contributed by atoms with Crippen LogP contribution in [0.4, 0.5) is 0 Å². The molecule has 2 aromatic heterocycles. The van der Waals surface area contributed by atoms with E-state index in [4.69, 9.17) is 16.6 Å². The third-order valence-corrected chi connectivity index (χ3v) is 6.36. The normalized spacial score (nSPS) is 13.5. The third-order valence-electron chi connectivity index (χ3n) is 6.36. The van der Waals surface area contributed by atoms with Gasteiger partial charge in [-0.25, -0.2) is 9.97 Å². The quantitative estimate of drug-likeness (QED) is 0.0709. The molecule has 19 heteroatoms. The van der Waals surface area contributed by atoms with Crippen LogP contribution in [-0.4, -0.2) is 104 Å². The Labute approximate surface area is 257 Å². The summed E-state index contributed by atoms with van der Waals surface area (Å²) in [6.45, 7) is 2.05. The van der Waals surface area contributed by atoms with Crippen molar-refractivity contribution in [3.63, 3.8) is 0 Å². The number of nitrogens with one attached hydrogen (secondary N) is 7. The average Bonchev–Trinajstić information content (AvgIpc) is 3.69. The zero-order valence-corrected chi connectivity index (χ0v) is 24.8. The van der Waals surface area contributed by atoms with Gasteiger partial charge >= 0.3 is 5.97 Å². The minimum absolute atomic E-state index is 0.0274. The van der Waals surface area contributed by atoms with Crippen molar-refractivity contribution >= 4 is 41.4 Å². The molecular formula is C26H39N11O8. The number of carbonyl (C=O) groups excluding carboxylic acids is 6. The maximum absolute atomic E-state index is 13.2. The lowest BCUT2D eigenvalue weighted by molar-refractivity contribution is -0.138. The Bertz CT molecular complexity index is 1310. The monoisotopic (exact) mass is 633 g/mol. The van der Waals surface area contributed by atoms with Gasteiger partial charge in [0.05, 0.1) is 25.2 Å². The SMILES string of the molecule is CC(C)[C@H](NC(=O)CNC(=O)[C@H](Cc1cnc[nH]1)NC(=O)[C@@H](N)CCC(N)=O)C(=O)N[C@@H](Cc1cnc[nH]1)C(=O)NCC(=O)O. The molecule has 0 saturated carbocycles. The molecule has 19 nitrogen and oxygen atoms in total. The summed E-state index contributed by atoms with van der Waals surface area (Å²) >= 11 is 0. The Morgan fingerprint density at radius 2 is 1.31 bits per heavy atom. The summed E-state index contributed by atoms with van der Waals surface area (Å²) in [6, 6.07) is -4.64. The number of hydrogen-bond acceptors (Lipinski definition) is 10. The van der Waals surface area contributed by atoms with E-state index in [9.17, 15) is 33.6 Å². The van der Waals surface area contributed by atoms with Gasteiger partial charge in [0.15, 0.2) is 0 Å². The number of rotatable bonds is 19. The van der Waals surface area contributed by atoms with Gasteiger partial charge < -0.3 is 53.1 Å². The second-order valence-electron chi connectivity index (χ2n) is 10.4. The van der Waals surface area contributed by atoms with E-state index in [1.54, 1.807) is 13.8 Å². The Kier molecular flexibility index (Phi) is 14.1. The first-order chi connectivity index (χ1) is 21.3. The number of aromatic nitrogens is 4. The number of imidazole rings is 2. The maximum Gasteiger partial charge on any atom is 0.322 e. The predicted octanol–water partition coefficient (Wildman–Crippen LogP) is -4.06. The highest BCUT2D eigenvalue weighted by atomic mass is 16.4. The molecule has 0 saturated heterocycles. The van der Waals surface area contributed by atoms with Crippen LogP contribution in [0.2, 0.25) is 0 Å². The van der Waals surface area contributed by atoms with Gasteiger partial charge in [-0.1, -0.05) is 13.8 Å². The van der Waals surface area contributed by atoms with E-state index in [1.165, 1.54) is 25.0 Å². The minimum atomic E-state index is -1.28. The summed E-state index contributed by atoms with van der Waals surface area (Å²) in [4.78, 5) is 99.5. The van der Waals surface area contributed by atoms with Crippen molar-refractivity contribution < 1.29 is 38.7 Å². The first-order valence-electron chi connectivity index (χ1n) is 13.9. The van der Waals surface area contributed by atoms with Gasteiger partial charge in [-0.15, -0.1) is 0 Å². The van der Waals surface area contributed by atoms with Crippen LogP contribution in [0.5, 0.6) is 0 Å². The van der Waals surface area contributed by atoms with E-state index >= 15 is 0 Å². The summed E-state index contributed by atoms with van der Waals surface area (Å²) in [6.07, 6.45) is 5.40. The summed E-state index contributed by atoms with van der Waals surface area (Å²) in [5.41, 5.74) is 11.9. The fourth-order valence-corrected chi connectivity index (χ4v) is 3.96. The number of nitrogens with two attached hydrogens (primary N) is 2. The van der Waals surface area contributed by atoms with Crippen molar-refractivity contribution in [3.05, 3.63) is 36.4 Å². The maximum atomic E-state index is 13.2. The Hall–Kier alpha value is -5.33. The molecule has 0 aliphatic rings. The lowest BCUT2D eigenvalue weighted by Crippen LogP contribution is -2.58. The summed E-state index contributed by atoms with van der Waals surface area (Å²) in [7, 11) is 0. The predicted molar refractivity (Wildman–Crippen MR) is 155 cm³/mol. The number of carbonyl (C=O) groups is 7. The molecule has 0 bridgehead atoms. The summed E-state index contributed by atoms with van der Waals surface area (Å²) in [5.74, 6) is -6.07. The standard InChI is InChI=1S/C26H39N11O8/c1-13(2)22(26(45)36-18(6-15-8-30-12-34-15)25(44)32-10-21(40)41)37-20(39)9-31-24(43)17(5-14-7-29-11-33-14)35-23(42)16(27)3-4-19(28)38/h7-8,11-13,16-18,22H,3-6,9-10,27H2,1-2H3,(H2,28,38)(H,29,33)(H,30,34)(H,31,43)(H,32,44)(H,35,42)(H,36,45)(H,37,39)(H,40,41)/t16-,17-,18-,22-/m0/s1. The molecule has 0 unspecified atom stereocenters. The molecule has 45 heavy (non-hydrogen) atoms. The molecule has 0 aliphatic carbocycles. The molecule has 0 aromatic carbocycles. The van der Waals surface area contributed by atoms with Crippen molar-refractivity contribution in [3.8, 4) is 0 Å². The molecule has 0 fully saturated rings. The largest absolute Gasteiger partial charge is 0.480 e. The number of amides is 6. The van der Waals surface area contributed by atoms with Gasteiger partial charge in [-0.05, 0) is 12.3 Å². The Morgan fingerprint density at radius 3 is 1.76 bits per heavy atom. The van der Waals surface area contributed by atoms with E-state index in [2.05, 4.69) is 46.5 Å². The molecular weight excluding hydrogens is 594 g/mol. The number of carboxylic acids is 1. The van der Waals surface area contributed by atoms with Crippen LogP contribution in [0.15, 0.2) is 25.0 Å². The van der Waals surface area contributed by atoms with E-state index in [1.807, 2.05) is 0 Å². The molecule has 6 amide bonds. The molecule has 246 valence electrons. The molecule has 0 radical (unpaired) electrons. The smallest absolute Gasteiger partial charge is 0.322 e. The topological polar surface area (TPSA) is 309 Å². The van der Waals surface area contributed by atoms with Crippen LogP contribution in [0.1, 0.15) is 38.1 Å². The number of hydrogen-bond donors (Lipinski definition) is 10. The molecule has 4 atom stereocenters. The van der Waals surface area contributed by atoms with Crippen molar-refractivity contribution in [2.75, 3.05) is 13.1 Å².